The molecule has 4 nitrogen and oxygen atoms in total. The summed E-state index contributed by atoms with van der Waals surface area (Å²) in [6.07, 6.45) is 5.50. The third-order valence-corrected chi connectivity index (χ3v) is 4.52. The zero-order valence-electron chi connectivity index (χ0n) is 13.4. The van der Waals surface area contributed by atoms with Crippen LogP contribution < -0.4 is 5.32 Å². The largest absolute Gasteiger partial charge is 0.345 e. The fraction of sp³-hybridized carbons (Fsp3) is 0.875. The van der Waals surface area contributed by atoms with Crippen molar-refractivity contribution in [2.75, 3.05) is 13.1 Å². The summed E-state index contributed by atoms with van der Waals surface area (Å²) in [5, 5.41) is 2.73. The zero-order valence-corrected chi connectivity index (χ0v) is 13.4. The fourth-order valence-corrected chi connectivity index (χ4v) is 2.87. The highest BCUT2D eigenvalue weighted by Crippen LogP contribution is 2.22. The molecule has 1 aliphatic heterocycles. The molecule has 0 radical (unpaired) electrons. The Morgan fingerprint density at radius 3 is 2.50 bits per heavy atom. The summed E-state index contributed by atoms with van der Waals surface area (Å²) < 4.78 is 0. The second kappa shape index (κ2) is 8.28. The van der Waals surface area contributed by atoms with Crippen molar-refractivity contribution in [3.8, 4) is 0 Å². The van der Waals surface area contributed by atoms with Gasteiger partial charge in [-0.25, -0.2) is 0 Å². The number of amides is 2. The molecule has 20 heavy (non-hydrogen) atoms. The van der Waals surface area contributed by atoms with Crippen LogP contribution in [0.1, 0.15) is 59.8 Å². The van der Waals surface area contributed by atoms with E-state index in [4.69, 9.17) is 0 Å². The number of rotatable bonds is 8. The van der Waals surface area contributed by atoms with E-state index in [9.17, 15) is 9.59 Å². The number of nitrogens with zero attached hydrogens (tertiary/aromatic N) is 1. The molecule has 3 atom stereocenters. The summed E-state index contributed by atoms with van der Waals surface area (Å²) in [7, 11) is 0. The molecule has 4 heteroatoms. The van der Waals surface area contributed by atoms with Gasteiger partial charge in [0.2, 0.25) is 11.8 Å². The number of hydrogen-bond donors (Lipinski definition) is 1. The first kappa shape index (κ1) is 17.0. The quantitative estimate of drug-likeness (QED) is 0.744. The molecule has 1 aliphatic rings. The maximum absolute atomic E-state index is 12.2. The van der Waals surface area contributed by atoms with Crippen molar-refractivity contribution in [1.82, 2.24) is 10.2 Å². The number of carbonyl (C=O) groups is 2. The van der Waals surface area contributed by atoms with Crippen LogP contribution in [0.5, 0.6) is 0 Å². The first-order chi connectivity index (χ1) is 9.54. The van der Waals surface area contributed by atoms with Gasteiger partial charge in [0.25, 0.3) is 0 Å². The van der Waals surface area contributed by atoms with E-state index in [1.54, 1.807) is 0 Å². The van der Waals surface area contributed by atoms with Crippen LogP contribution in [0.25, 0.3) is 0 Å². The maximum atomic E-state index is 12.2. The lowest BCUT2D eigenvalue weighted by molar-refractivity contribution is -0.148. The van der Waals surface area contributed by atoms with E-state index in [2.05, 4.69) is 33.0 Å². The highest BCUT2D eigenvalue weighted by Gasteiger charge is 2.37. The van der Waals surface area contributed by atoms with Gasteiger partial charge in [-0.05, 0) is 18.3 Å². The molecule has 1 rings (SSSR count). The lowest BCUT2D eigenvalue weighted by Crippen LogP contribution is -2.61. The lowest BCUT2D eigenvalue weighted by Gasteiger charge is -2.39. The van der Waals surface area contributed by atoms with E-state index < -0.39 is 0 Å². The second-order valence-electron chi connectivity index (χ2n) is 6.01. The van der Waals surface area contributed by atoms with E-state index in [0.717, 1.165) is 25.8 Å². The molecule has 1 fully saturated rings. The van der Waals surface area contributed by atoms with Crippen molar-refractivity contribution < 1.29 is 9.59 Å². The van der Waals surface area contributed by atoms with E-state index in [1.165, 1.54) is 12.8 Å². The number of hydrogen-bond acceptors (Lipinski definition) is 2. The summed E-state index contributed by atoms with van der Waals surface area (Å²) in [5.41, 5.74) is 0. The third kappa shape index (κ3) is 4.22. The van der Waals surface area contributed by atoms with Gasteiger partial charge in [0, 0.05) is 6.54 Å². The summed E-state index contributed by atoms with van der Waals surface area (Å²) in [6.45, 7) is 9.39. The summed E-state index contributed by atoms with van der Waals surface area (Å²) >= 11 is 0. The molecular weight excluding hydrogens is 252 g/mol. The Kier molecular flexibility index (Phi) is 7.03. The Morgan fingerprint density at radius 2 is 1.95 bits per heavy atom. The highest BCUT2D eigenvalue weighted by atomic mass is 16.2. The predicted molar refractivity (Wildman–Crippen MR) is 81.3 cm³/mol. The molecular formula is C16H30N2O2. The van der Waals surface area contributed by atoms with Gasteiger partial charge in [0.05, 0.1) is 6.54 Å². The summed E-state index contributed by atoms with van der Waals surface area (Å²) in [4.78, 5) is 26.2. The first-order valence-electron chi connectivity index (χ1n) is 8.12. The molecule has 0 spiro atoms. The molecule has 0 aromatic rings. The lowest BCUT2D eigenvalue weighted by atomic mass is 9.92. The molecule has 0 aromatic heterocycles. The summed E-state index contributed by atoms with van der Waals surface area (Å²) in [5.74, 6) is 0.813. The molecule has 3 unspecified atom stereocenters. The van der Waals surface area contributed by atoms with Gasteiger partial charge in [-0.15, -0.1) is 0 Å². The third-order valence-electron chi connectivity index (χ3n) is 4.52. The molecule has 0 saturated carbocycles. The standard InChI is InChI=1S/C16H30N2O2/c1-5-8-9-13(7-3)11-18-14(19)10-17-16(20)15(18)12(4)6-2/h12-13,15H,5-11H2,1-4H3,(H,17,20). The van der Waals surface area contributed by atoms with Crippen LogP contribution >= 0.6 is 0 Å². The first-order valence-corrected chi connectivity index (χ1v) is 8.12. The fourth-order valence-electron chi connectivity index (χ4n) is 2.87. The number of unbranched alkanes of at least 4 members (excludes halogenated alkanes) is 1. The minimum Gasteiger partial charge on any atom is -0.345 e. The van der Waals surface area contributed by atoms with Crippen LogP contribution in [-0.4, -0.2) is 35.8 Å². The van der Waals surface area contributed by atoms with Crippen LogP contribution in [0.3, 0.4) is 0 Å². The monoisotopic (exact) mass is 282 g/mol. The smallest absolute Gasteiger partial charge is 0.243 e. The molecule has 1 heterocycles. The SMILES string of the molecule is CCCCC(CC)CN1C(=O)CNC(=O)C1C(C)CC. The van der Waals surface area contributed by atoms with Gasteiger partial charge in [0.1, 0.15) is 6.04 Å². The highest BCUT2D eigenvalue weighted by molar-refractivity contribution is 5.95. The van der Waals surface area contributed by atoms with Gasteiger partial charge >= 0.3 is 0 Å². The van der Waals surface area contributed by atoms with Crippen molar-refractivity contribution in [2.24, 2.45) is 11.8 Å². The van der Waals surface area contributed by atoms with Gasteiger partial charge in [-0.2, -0.15) is 0 Å². The van der Waals surface area contributed by atoms with Crippen molar-refractivity contribution >= 4 is 11.8 Å². The van der Waals surface area contributed by atoms with Gasteiger partial charge in [-0.3, -0.25) is 9.59 Å². The zero-order chi connectivity index (χ0) is 15.1. The van der Waals surface area contributed by atoms with Gasteiger partial charge < -0.3 is 10.2 Å². The Labute approximate surface area is 123 Å². The minimum absolute atomic E-state index is 0.0179. The van der Waals surface area contributed by atoms with E-state index in [1.807, 2.05) is 4.90 Å². The molecule has 0 aromatic carbocycles. The Hall–Kier alpha value is -1.06. The van der Waals surface area contributed by atoms with Crippen LogP contribution in [-0.2, 0) is 9.59 Å². The number of piperazine rings is 1. The Morgan fingerprint density at radius 1 is 1.25 bits per heavy atom. The maximum Gasteiger partial charge on any atom is 0.243 e. The average molecular weight is 282 g/mol. The van der Waals surface area contributed by atoms with Crippen molar-refractivity contribution in [2.45, 2.75) is 65.8 Å². The minimum atomic E-state index is -0.281. The number of nitrogens with one attached hydrogen (secondary N) is 1. The predicted octanol–water partition coefficient (Wildman–Crippen LogP) is 2.58. The van der Waals surface area contributed by atoms with Crippen molar-refractivity contribution in [3.63, 3.8) is 0 Å². The topological polar surface area (TPSA) is 49.4 Å². The average Bonchev–Trinajstić information content (AvgIpc) is 2.46. The number of carbonyl (C=O) groups excluding carboxylic acids is 2. The van der Waals surface area contributed by atoms with Crippen LogP contribution in [0.15, 0.2) is 0 Å². The van der Waals surface area contributed by atoms with E-state index >= 15 is 0 Å². The molecule has 0 bridgehead atoms. The van der Waals surface area contributed by atoms with Crippen LogP contribution in [0, 0.1) is 11.8 Å². The molecule has 1 saturated heterocycles. The van der Waals surface area contributed by atoms with E-state index in [-0.39, 0.29) is 30.3 Å². The van der Waals surface area contributed by atoms with Gasteiger partial charge in [-0.1, -0.05) is 53.4 Å². The Balaban J connectivity index is 2.78. The molecule has 116 valence electrons. The molecule has 2 amide bonds. The van der Waals surface area contributed by atoms with E-state index in [0.29, 0.717) is 5.92 Å². The van der Waals surface area contributed by atoms with Crippen molar-refractivity contribution in [1.29, 1.82) is 0 Å². The van der Waals surface area contributed by atoms with Crippen molar-refractivity contribution in [3.05, 3.63) is 0 Å². The molecule has 1 N–H and O–H groups in total. The Bertz CT molecular complexity index is 330. The second-order valence-corrected chi connectivity index (χ2v) is 6.01. The summed E-state index contributed by atoms with van der Waals surface area (Å²) in [6, 6.07) is -0.281. The molecule has 0 aliphatic carbocycles. The van der Waals surface area contributed by atoms with Crippen LogP contribution in [0.2, 0.25) is 0 Å². The van der Waals surface area contributed by atoms with Crippen LogP contribution in [0.4, 0.5) is 0 Å². The van der Waals surface area contributed by atoms with Gasteiger partial charge in [0.15, 0.2) is 0 Å². The normalized spacial score (nSPS) is 22.6.